The number of pyridine rings is 1. The molecule has 2 amide bonds. The Hall–Kier alpha value is -3.54. The summed E-state index contributed by atoms with van der Waals surface area (Å²) in [6.07, 6.45) is 3.54. The zero-order valence-electron chi connectivity index (χ0n) is 18.8. The van der Waals surface area contributed by atoms with E-state index in [9.17, 15) is 14.0 Å². The Balaban J connectivity index is 1.59. The van der Waals surface area contributed by atoms with Crippen molar-refractivity contribution < 1.29 is 14.0 Å². The third-order valence-corrected chi connectivity index (χ3v) is 6.25. The van der Waals surface area contributed by atoms with Gasteiger partial charge in [0, 0.05) is 31.4 Å². The van der Waals surface area contributed by atoms with Gasteiger partial charge < -0.3 is 10.2 Å². The van der Waals surface area contributed by atoms with Gasteiger partial charge >= 0.3 is 0 Å². The van der Waals surface area contributed by atoms with E-state index in [0.29, 0.717) is 43.7 Å². The van der Waals surface area contributed by atoms with Crippen LogP contribution in [0, 0.1) is 11.2 Å². The summed E-state index contributed by atoms with van der Waals surface area (Å²) in [5.41, 5.74) is 1.98. The van der Waals surface area contributed by atoms with Gasteiger partial charge in [-0.3, -0.25) is 14.6 Å². The molecule has 170 valence electrons. The maximum Gasteiger partial charge on any atom is 0.272 e. The molecule has 3 aromatic rings. The number of hydrogen-bond donors (Lipinski definition) is 1. The number of hydrogen-bond acceptors (Lipinski definition) is 3. The number of halogens is 1. The van der Waals surface area contributed by atoms with Crippen molar-refractivity contribution in [3.8, 4) is 11.1 Å². The summed E-state index contributed by atoms with van der Waals surface area (Å²) in [5.74, 6) is -0.458. The van der Waals surface area contributed by atoms with Crippen LogP contribution in [-0.2, 0) is 11.2 Å². The largest absolute Gasteiger partial charge is 0.356 e. The van der Waals surface area contributed by atoms with Gasteiger partial charge in [0.05, 0.1) is 5.41 Å². The van der Waals surface area contributed by atoms with Gasteiger partial charge in [-0.05, 0) is 55.5 Å². The van der Waals surface area contributed by atoms with Crippen molar-refractivity contribution in [3.63, 3.8) is 0 Å². The molecule has 0 radical (unpaired) electrons. The van der Waals surface area contributed by atoms with Crippen molar-refractivity contribution >= 4 is 11.8 Å². The summed E-state index contributed by atoms with van der Waals surface area (Å²) < 4.78 is 14.2. The van der Waals surface area contributed by atoms with Gasteiger partial charge in [-0.2, -0.15) is 0 Å². The fourth-order valence-electron chi connectivity index (χ4n) is 4.60. The monoisotopic (exact) mass is 445 g/mol. The van der Waals surface area contributed by atoms with Crippen LogP contribution in [0.3, 0.4) is 0 Å². The lowest BCUT2D eigenvalue weighted by atomic mass is 9.74. The highest BCUT2D eigenvalue weighted by atomic mass is 19.1. The minimum Gasteiger partial charge on any atom is -0.356 e. The van der Waals surface area contributed by atoms with E-state index in [1.54, 1.807) is 41.4 Å². The van der Waals surface area contributed by atoms with E-state index >= 15 is 0 Å². The molecule has 1 aliphatic heterocycles. The maximum atomic E-state index is 14.2. The van der Waals surface area contributed by atoms with E-state index in [0.717, 1.165) is 17.5 Å². The number of carbonyl (C=O) groups excluding carboxylic acids is 2. The van der Waals surface area contributed by atoms with Crippen molar-refractivity contribution in [3.05, 3.63) is 90.0 Å². The fourth-order valence-corrected chi connectivity index (χ4v) is 4.60. The highest BCUT2D eigenvalue weighted by Crippen LogP contribution is 2.35. The van der Waals surface area contributed by atoms with Gasteiger partial charge in [-0.15, -0.1) is 0 Å². The normalized spacial score (nSPS) is 18.1. The zero-order chi connectivity index (χ0) is 23.3. The smallest absolute Gasteiger partial charge is 0.272 e. The zero-order valence-corrected chi connectivity index (χ0v) is 18.8. The van der Waals surface area contributed by atoms with Gasteiger partial charge in [0.25, 0.3) is 5.91 Å². The van der Waals surface area contributed by atoms with Crippen LogP contribution in [0.2, 0.25) is 0 Å². The molecular formula is C27H28FN3O2. The van der Waals surface area contributed by atoms with Crippen LogP contribution >= 0.6 is 0 Å². The summed E-state index contributed by atoms with van der Waals surface area (Å²) >= 11 is 0. The van der Waals surface area contributed by atoms with Gasteiger partial charge in [-0.1, -0.05) is 48.5 Å². The molecule has 1 N–H and O–H groups in total. The molecule has 4 rings (SSSR count). The first kappa shape index (κ1) is 22.6. The minimum absolute atomic E-state index is 0.0401. The Labute approximate surface area is 193 Å². The summed E-state index contributed by atoms with van der Waals surface area (Å²) in [6.45, 7) is 3.36. The topological polar surface area (TPSA) is 62.3 Å². The van der Waals surface area contributed by atoms with Crippen molar-refractivity contribution in [2.24, 2.45) is 5.41 Å². The maximum absolute atomic E-state index is 14.2. The van der Waals surface area contributed by atoms with Crippen LogP contribution < -0.4 is 5.32 Å². The lowest BCUT2D eigenvalue weighted by Gasteiger charge is -2.41. The summed E-state index contributed by atoms with van der Waals surface area (Å²) in [5, 5.41) is 2.98. The molecule has 2 heterocycles. The number of aromatic nitrogens is 1. The predicted molar refractivity (Wildman–Crippen MR) is 126 cm³/mol. The number of amides is 2. The highest BCUT2D eigenvalue weighted by molar-refractivity contribution is 5.93. The van der Waals surface area contributed by atoms with Crippen LogP contribution in [-0.4, -0.2) is 41.3 Å². The second-order valence-electron chi connectivity index (χ2n) is 8.54. The summed E-state index contributed by atoms with van der Waals surface area (Å²) in [7, 11) is 0. The molecule has 0 aliphatic carbocycles. The number of nitrogens with one attached hydrogen (secondary N) is 1. The first-order valence-corrected chi connectivity index (χ1v) is 11.3. The molecule has 0 saturated carbocycles. The van der Waals surface area contributed by atoms with E-state index in [2.05, 4.69) is 10.3 Å². The molecule has 1 aliphatic rings. The predicted octanol–water partition coefficient (Wildman–Crippen LogP) is 4.49. The molecule has 1 aromatic heterocycles. The van der Waals surface area contributed by atoms with E-state index in [1.807, 2.05) is 37.3 Å². The van der Waals surface area contributed by atoms with Gasteiger partial charge in [-0.25, -0.2) is 4.39 Å². The molecule has 1 saturated heterocycles. The molecule has 1 atom stereocenters. The Bertz CT molecular complexity index is 1120. The lowest BCUT2D eigenvalue weighted by molar-refractivity contribution is -0.133. The highest BCUT2D eigenvalue weighted by Gasteiger charge is 2.43. The standard InChI is InChI=1S/C27H28FN3O2/c1-2-29-26(33)27(15-7-17-31(19-27)25(32)24-10-5-6-16-30-24)18-20-11-13-21(14-12-20)22-8-3-4-9-23(22)28/h3-6,8-14,16H,2,7,15,17-19H2,1H3,(H,29,33)/t27-/m1/s1. The molecular weight excluding hydrogens is 417 g/mol. The lowest BCUT2D eigenvalue weighted by Crippen LogP contribution is -2.54. The van der Waals surface area contributed by atoms with Crippen molar-refractivity contribution in [1.82, 2.24) is 15.2 Å². The first-order valence-electron chi connectivity index (χ1n) is 11.3. The van der Waals surface area contributed by atoms with Crippen LogP contribution in [0.15, 0.2) is 72.9 Å². The number of likely N-dealkylation sites (tertiary alicyclic amines) is 1. The number of benzene rings is 2. The second kappa shape index (κ2) is 9.94. The van der Waals surface area contributed by atoms with Gasteiger partial charge in [0.2, 0.25) is 5.91 Å². The number of rotatable bonds is 6. The van der Waals surface area contributed by atoms with E-state index < -0.39 is 5.41 Å². The van der Waals surface area contributed by atoms with Crippen molar-refractivity contribution in [2.45, 2.75) is 26.2 Å². The van der Waals surface area contributed by atoms with E-state index in [-0.39, 0.29) is 17.6 Å². The second-order valence-corrected chi connectivity index (χ2v) is 8.54. The molecule has 5 nitrogen and oxygen atoms in total. The third-order valence-electron chi connectivity index (χ3n) is 6.25. The first-order chi connectivity index (χ1) is 16.0. The Morgan fingerprint density at radius 1 is 1.06 bits per heavy atom. The molecule has 0 spiro atoms. The molecule has 2 aromatic carbocycles. The molecule has 0 bridgehead atoms. The van der Waals surface area contributed by atoms with Gasteiger partial charge in [0.15, 0.2) is 0 Å². The average Bonchev–Trinajstić information content (AvgIpc) is 2.85. The van der Waals surface area contributed by atoms with Gasteiger partial charge in [0.1, 0.15) is 11.5 Å². The Morgan fingerprint density at radius 3 is 2.52 bits per heavy atom. The minimum atomic E-state index is -0.724. The molecule has 1 fully saturated rings. The quantitative estimate of drug-likeness (QED) is 0.608. The molecule has 6 heteroatoms. The SMILES string of the molecule is CCNC(=O)[C@@]1(Cc2ccc(-c3ccccc3F)cc2)CCCN(C(=O)c2ccccn2)C1. The number of carbonyl (C=O) groups is 2. The van der Waals surface area contributed by atoms with E-state index in [1.165, 1.54) is 6.07 Å². The Morgan fingerprint density at radius 2 is 1.82 bits per heavy atom. The summed E-state index contributed by atoms with van der Waals surface area (Å²) in [4.78, 5) is 32.2. The van der Waals surface area contributed by atoms with Crippen LogP contribution in [0.1, 0.15) is 35.8 Å². The number of nitrogens with zero attached hydrogens (tertiary/aromatic N) is 2. The number of piperidine rings is 1. The van der Waals surface area contributed by atoms with Crippen LogP contribution in [0.25, 0.3) is 11.1 Å². The van der Waals surface area contributed by atoms with Crippen LogP contribution in [0.5, 0.6) is 0 Å². The van der Waals surface area contributed by atoms with Crippen molar-refractivity contribution in [1.29, 1.82) is 0 Å². The van der Waals surface area contributed by atoms with Crippen molar-refractivity contribution in [2.75, 3.05) is 19.6 Å². The third kappa shape index (κ3) is 4.95. The summed E-state index contributed by atoms with van der Waals surface area (Å²) in [6, 6.07) is 19.6. The molecule has 0 unspecified atom stereocenters. The Kier molecular flexibility index (Phi) is 6.82. The molecule has 33 heavy (non-hydrogen) atoms. The fraction of sp³-hybridized carbons (Fsp3) is 0.296. The van der Waals surface area contributed by atoms with E-state index in [4.69, 9.17) is 0 Å². The van der Waals surface area contributed by atoms with Crippen LogP contribution in [0.4, 0.5) is 4.39 Å². The average molecular weight is 446 g/mol.